The fourth-order valence-electron chi connectivity index (χ4n) is 2.72. The second-order valence-electron chi connectivity index (χ2n) is 6.45. The lowest BCUT2D eigenvalue weighted by atomic mass is 10.2. The molecule has 0 saturated heterocycles. The van der Waals surface area contributed by atoms with Crippen molar-refractivity contribution in [3.63, 3.8) is 0 Å². The first-order chi connectivity index (χ1) is 14.0. The minimum atomic E-state index is -0.254. The highest BCUT2D eigenvalue weighted by molar-refractivity contribution is 8.02. The number of hydrogen-bond donors (Lipinski definition) is 1. The van der Waals surface area contributed by atoms with Crippen molar-refractivity contribution in [3.8, 4) is 0 Å². The molecule has 0 saturated carbocycles. The van der Waals surface area contributed by atoms with Gasteiger partial charge in [-0.05, 0) is 37.1 Å². The van der Waals surface area contributed by atoms with Gasteiger partial charge in [-0.1, -0.05) is 65.6 Å². The summed E-state index contributed by atoms with van der Waals surface area (Å²) >= 11 is 2.82. The molecule has 0 radical (unpaired) electrons. The Morgan fingerprint density at radius 3 is 2.55 bits per heavy atom. The predicted octanol–water partition coefficient (Wildman–Crippen LogP) is 4.82. The van der Waals surface area contributed by atoms with Gasteiger partial charge in [0.1, 0.15) is 5.82 Å². The number of benzene rings is 2. The van der Waals surface area contributed by atoms with E-state index in [4.69, 9.17) is 0 Å². The number of carbonyl (C=O) groups excluding carboxylic acids is 1. The van der Waals surface area contributed by atoms with Gasteiger partial charge in [0.05, 0.1) is 5.25 Å². The van der Waals surface area contributed by atoms with E-state index in [0.29, 0.717) is 24.8 Å². The first-order valence-electron chi connectivity index (χ1n) is 9.36. The molecule has 2 aromatic carbocycles. The maximum Gasteiger partial charge on any atom is 0.236 e. The Labute approximate surface area is 178 Å². The third-order valence-electron chi connectivity index (χ3n) is 4.30. The minimum absolute atomic E-state index is 0.0809. The summed E-state index contributed by atoms with van der Waals surface area (Å²) in [4.78, 5) is 14.7. The van der Waals surface area contributed by atoms with Gasteiger partial charge in [0.2, 0.25) is 11.0 Å². The number of aromatic nitrogens is 2. The van der Waals surface area contributed by atoms with Crippen molar-refractivity contribution >= 4 is 34.1 Å². The average Bonchev–Trinajstić information content (AvgIpc) is 3.19. The standard InChI is InChI=1S/C21H23FN4OS2/c1-3-26(14-17-7-5-4-6-8-17)19(27)15(2)28-21-25-24-20(29-21)23-13-16-9-11-18(22)12-10-16/h4-12,15H,3,13-14H2,1-2H3,(H,23,24). The smallest absolute Gasteiger partial charge is 0.236 e. The molecule has 1 atom stereocenters. The zero-order chi connectivity index (χ0) is 20.6. The second-order valence-corrected chi connectivity index (χ2v) is 9.02. The topological polar surface area (TPSA) is 58.1 Å². The summed E-state index contributed by atoms with van der Waals surface area (Å²) in [5.41, 5.74) is 2.07. The molecule has 1 amide bonds. The summed E-state index contributed by atoms with van der Waals surface area (Å²) < 4.78 is 13.7. The van der Waals surface area contributed by atoms with E-state index in [0.717, 1.165) is 15.5 Å². The summed E-state index contributed by atoms with van der Waals surface area (Å²) in [6.07, 6.45) is 0. The van der Waals surface area contributed by atoms with Crippen molar-refractivity contribution in [1.29, 1.82) is 0 Å². The van der Waals surface area contributed by atoms with Crippen LogP contribution in [0.1, 0.15) is 25.0 Å². The van der Waals surface area contributed by atoms with Gasteiger partial charge < -0.3 is 10.2 Å². The maximum absolute atomic E-state index is 13.0. The SMILES string of the molecule is CCN(Cc1ccccc1)C(=O)C(C)Sc1nnc(NCc2ccc(F)cc2)s1. The molecule has 3 aromatic rings. The van der Waals surface area contributed by atoms with Gasteiger partial charge in [-0.15, -0.1) is 10.2 Å². The van der Waals surface area contributed by atoms with E-state index < -0.39 is 0 Å². The lowest BCUT2D eigenvalue weighted by Gasteiger charge is -2.23. The quantitative estimate of drug-likeness (QED) is 0.493. The number of halogens is 1. The Kier molecular flexibility index (Phi) is 7.60. The molecular formula is C21H23FN4OS2. The zero-order valence-corrected chi connectivity index (χ0v) is 18.0. The first-order valence-corrected chi connectivity index (χ1v) is 11.1. The minimum Gasteiger partial charge on any atom is -0.356 e. The lowest BCUT2D eigenvalue weighted by molar-refractivity contribution is -0.130. The van der Waals surface area contributed by atoms with Gasteiger partial charge in [0.25, 0.3) is 0 Å². The molecule has 152 valence electrons. The van der Waals surface area contributed by atoms with E-state index in [1.54, 1.807) is 12.1 Å². The zero-order valence-electron chi connectivity index (χ0n) is 16.3. The van der Waals surface area contributed by atoms with Crippen LogP contribution >= 0.6 is 23.1 Å². The molecule has 1 unspecified atom stereocenters. The van der Waals surface area contributed by atoms with Crippen LogP contribution in [0, 0.1) is 5.82 Å². The number of nitrogens with one attached hydrogen (secondary N) is 1. The average molecular weight is 431 g/mol. The number of anilines is 1. The van der Waals surface area contributed by atoms with E-state index in [1.807, 2.05) is 49.1 Å². The van der Waals surface area contributed by atoms with Crippen molar-refractivity contribution in [2.24, 2.45) is 0 Å². The highest BCUT2D eigenvalue weighted by Crippen LogP contribution is 2.30. The summed E-state index contributed by atoms with van der Waals surface area (Å²) in [6, 6.07) is 16.3. The van der Waals surface area contributed by atoms with Crippen LogP contribution in [0.15, 0.2) is 58.9 Å². The number of carbonyl (C=O) groups is 1. The molecule has 3 rings (SSSR count). The Morgan fingerprint density at radius 1 is 1.14 bits per heavy atom. The third-order valence-corrected chi connectivity index (χ3v) is 6.35. The van der Waals surface area contributed by atoms with Gasteiger partial charge in [-0.3, -0.25) is 4.79 Å². The van der Waals surface area contributed by atoms with Crippen molar-refractivity contribution in [1.82, 2.24) is 15.1 Å². The van der Waals surface area contributed by atoms with E-state index in [1.165, 1.54) is 35.2 Å². The van der Waals surface area contributed by atoms with Gasteiger partial charge in [0.15, 0.2) is 4.34 Å². The predicted molar refractivity (Wildman–Crippen MR) is 116 cm³/mol. The van der Waals surface area contributed by atoms with Gasteiger partial charge in [0, 0.05) is 19.6 Å². The molecular weight excluding hydrogens is 407 g/mol. The molecule has 0 spiro atoms. The first kappa shape index (κ1) is 21.3. The second kappa shape index (κ2) is 10.4. The molecule has 0 aliphatic rings. The molecule has 1 N–H and O–H groups in total. The maximum atomic E-state index is 13.0. The van der Waals surface area contributed by atoms with Crippen molar-refractivity contribution in [2.45, 2.75) is 36.5 Å². The summed E-state index contributed by atoms with van der Waals surface area (Å²) in [6.45, 7) is 5.67. The van der Waals surface area contributed by atoms with Crippen molar-refractivity contribution in [3.05, 3.63) is 71.5 Å². The van der Waals surface area contributed by atoms with Crippen LogP contribution in [0.3, 0.4) is 0 Å². The molecule has 0 aliphatic carbocycles. The number of amides is 1. The fourth-order valence-corrected chi connectivity index (χ4v) is 4.69. The molecule has 8 heteroatoms. The summed E-state index contributed by atoms with van der Waals surface area (Å²) in [5.74, 6) is -0.173. The number of nitrogens with zero attached hydrogens (tertiary/aromatic N) is 3. The van der Waals surface area contributed by atoms with Crippen molar-refractivity contribution < 1.29 is 9.18 Å². The molecule has 0 fully saturated rings. The Balaban J connectivity index is 1.53. The van der Waals surface area contributed by atoms with Crippen LogP contribution < -0.4 is 5.32 Å². The third kappa shape index (κ3) is 6.27. The van der Waals surface area contributed by atoms with Gasteiger partial charge >= 0.3 is 0 Å². The summed E-state index contributed by atoms with van der Waals surface area (Å²) in [5, 5.41) is 11.9. The highest BCUT2D eigenvalue weighted by Gasteiger charge is 2.22. The number of rotatable bonds is 9. The highest BCUT2D eigenvalue weighted by atomic mass is 32.2. The Bertz CT molecular complexity index is 918. The molecule has 5 nitrogen and oxygen atoms in total. The van der Waals surface area contributed by atoms with Crippen LogP contribution in [-0.2, 0) is 17.9 Å². The lowest BCUT2D eigenvalue weighted by Crippen LogP contribution is -2.35. The van der Waals surface area contributed by atoms with Gasteiger partial charge in [-0.25, -0.2) is 4.39 Å². The molecule has 0 bridgehead atoms. The van der Waals surface area contributed by atoms with E-state index in [-0.39, 0.29) is 17.0 Å². The van der Waals surface area contributed by atoms with E-state index >= 15 is 0 Å². The normalized spacial score (nSPS) is 11.8. The number of hydrogen-bond acceptors (Lipinski definition) is 6. The van der Waals surface area contributed by atoms with E-state index in [2.05, 4.69) is 15.5 Å². The molecule has 0 aliphatic heterocycles. The molecule has 1 heterocycles. The molecule has 29 heavy (non-hydrogen) atoms. The monoisotopic (exact) mass is 430 g/mol. The fraction of sp³-hybridized carbons (Fsp3) is 0.286. The molecule has 1 aromatic heterocycles. The van der Waals surface area contributed by atoms with E-state index in [9.17, 15) is 9.18 Å². The van der Waals surface area contributed by atoms with Crippen molar-refractivity contribution in [2.75, 3.05) is 11.9 Å². The van der Waals surface area contributed by atoms with Gasteiger partial charge in [-0.2, -0.15) is 0 Å². The van der Waals surface area contributed by atoms with Crippen LogP contribution in [0.2, 0.25) is 0 Å². The van der Waals surface area contributed by atoms with Crippen LogP contribution in [-0.4, -0.2) is 32.8 Å². The van der Waals surface area contributed by atoms with Crippen LogP contribution in [0.4, 0.5) is 9.52 Å². The largest absolute Gasteiger partial charge is 0.356 e. The van der Waals surface area contributed by atoms with Crippen LogP contribution in [0.5, 0.6) is 0 Å². The number of thioether (sulfide) groups is 1. The summed E-state index contributed by atoms with van der Waals surface area (Å²) in [7, 11) is 0. The Hall–Kier alpha value is -2.45. The Morgan fingerprint density at radius 2 is 1.86 bits per heavy atom. The van der Waals surface area contributed by atoms with Crippen LogP contribution in [0.25, 0.3) is 0 Å².